The van der Waals surface area contributed by atoms with Crippen LogP contribution in [0.4, 0.5) is 0 Å². The van der Waals surface area contributed by atoms with E-state index in [1.165, 1.54) is 0 Å². The standard InChI is InChI=1S/C22H24Cl2O4/c1-4-26-21(25)20-19(27-22(2,3)28-20)10-7-14-5-8-15(9-6-14)16-11-17(23)13-18(24)12-16/h5-6,8-9,11-13,19-20H,4,7,10H2,1-3H3/t19-,20-/m0/s1. The van der Waals surface area contributed by atoms with Crippen LogP contribution in [-0.4, -0.2) is 30.6 Å². The summed E-state index contributed by atoms with van der Waals surface area (Å²) in [6.45, 7) is 5.72. The highest BCUT2D eigenvalue weighted by atomic mass is 35.5. The van der Waals surface area contributed by atoms with Gasteiger partial charge in [-0.15, -0.1) is 0 Å². The van der Waals surface area contributed by atoms with E-state index in [2.05, 4.69) is 12.1 Å². The van der Waals surface area contributed by atoms with Crippen molar-refractivity contribution in [2.75, 3.05) is 6.61 Å². The lowest BCUT2D eigenvalue weighted by atomic mass is 10.00. The summed E-state index contributed by atoms with van der Waals surface area (Å²) >= 11 is 12.2. The zero-order valence-electron chi connectivity index (χ0n) is 16.2. The van der Waals surface area contributed by atoms with E-state index >= 15 is 0 Å². The predicted molar refractivity (Wildman–Crippen MR) is 111 cm³/mol. The van der Waals surface area contributed by atoms with E-state index in [1.54, 1.807) is 13.0 Å². The lowest BCUT2D eigenvalue weighted by Crippen LogP contribution is -2.33. The SMILES string of the molecule is CCOC(=O)[C@H]1OC(C)(C)O[C@H]1CCc1ccc(-c2cc(Cl)cc(Cl)c2)cc1. The lowest BCUT2D eigenvalue weighted by molar-refractivity contribution is -0.170. The van der Waals surface area contributed by atoms with Gasteiger partial charge in [0.25, 0.3) is 0 Å². The molecule has 1 aliphatic heterocycles. The van der Waals surface area contributed by atoms with Crippen LogP contribution in [0.3, 0.4) is 0 Å². The van der Waals surface area contributed by atoms with Crippen molar-refractivity contribution in [3.8, 4) is 11.1 Å². The molecular weight excluding hydrogens is 399 g/mol. The summed E-state index contributed by atoms with van der Waals surface area (Å²) in [6.07, 6.45) is 0.398. The highest BCUT2D eigenvalue weighted by molar-refractivity contribution is 6.35. The number of benzene rings is 2. The monoisotopic (exact) mass is 422 g/mol. The Hall–Kier alpha value is -1.59. The van der Waals surface area contributed by atoms with E-state index < -0.39 is 11.9 Å². The van der Waals surface area contributed by atoms with E-state index in [0.29, 0.717) is 23.1 Å². The molecule has 0 amide bonds. The molecule has 0 unspecified atom stereocenters. The number of carbonyl (C=O) groups excluding carboxylic acids is 1. The fourth-order valence-corrected chi connectivity index (χ4v) is 3.89. The van der Waals surface area contributed by atoms with Crippen LogP contribution >= 0.6 is 23.2 Å². The minimum absolute atomic E-state index is 0.320. The maximum atomic E-state index is 12.2. The minimum atomic E-state index is -0.794. The Balaban J connectivity index is 1.66. The molecule has 0 aliphatic carbocycles. The van der Waals surface area contributed by atoms with Crippen LogP contribution in [0, 0.1) is 0 Å². The summed E-state index contributed by atoms with van der Waals surface area (Å²) in [6, 6.07) is 13.7. The maximum absolute atomic E-state index is 12.2. The predicted octanol–water partition coefficient (Wildman–Crippen LogP) is 5.68. The number of rotatable bonds is 6. The summed E-state index contributed by atoms with van der Waals surface area (Å²) in [5.41, 5.74) is 3.16. The average Bonchev–Trinajstić information content (AvgIpc) is 2.95. The second kappa shape index (κ2) is 8.83. The van der Waals surface area contributed by atoms with Gasteiger partial charge >= 0.3 is 5.97 Å². The quantitative estimate of drug-likeness (QED) is 0.561. The Kier molecular flexibility index (Phi) is 6.66. The fraction of sp³-hybridized carbons (Fsp3) is 0.409. The second-order valence-corrected chi connectivity index (χ2v) is 8.11. The van der Waals surface area contributed by atoms with Crippen LogP contribution < -0.4 is 0 Å². The Morgan fingerprint density at radius 2 is 1.68 bits per heavy atom. The highest BCUT2D eigenvalue weighted by Crippen LogP contribution is 2.32. The van der Waals surface area contributed by atoms with E-state index in [9.17, 15) is 4.79 Å². The third kappa shape index (κ3) is 5.26. The second-order valence-electron chi connectivity index (χ2n) is 7.24. The van der Waals surface area contributed by atoms with Crippen molar-refractivity contribution in [2.45, 2.75) is 51.6 Å². The van der Waals surface area contributed by atoms with Gasteiger partial charge in [-0.25, -0.2) is 4.79 Å². The molecule has 1 heterocycles. The normalized spacial score (nSPS) is 20.9. The third-order valence-corrected chi connectivity index (χ3v) is 5.01. The van der Waals surface area contributed by atoms with Crippen molar-refractivity contribution in [3.63, 3.8) is 0 Å². The van der Waals surface area contributed by atoms with Crippen molar-refractivity contribution >= 4 is 29.2 Å². The van der Waals surface area contributed by atoms with Crippen LogP contribution in [0.15, 0.2) is 42.5 Å². The Bertz CT molecular complexity index is 813. The van der Waals surface area contributed by atoms with Gasteiger partial charge in [0, 0.05) is 10.0 Å². The van der Waals surface area contributed by atoms with Crippen LogP contribution in [-0.2, 0) is 25.4 Å². The molecule has 3 rings (SSSR count). The Morgan fingerprint density at radius 3 is 2.29 bits per heavy atom. The largest absolute Gasteiger partial charge is 0.464 e. The number of aryl methyl sites for hydroxylation is 1. The third-order valence-electron chi connectivity index (χ3n) is 4.57. The first-order valence-corrected chi connectivity index (χ1v) is 10.1. The molecule has 4 nitrogen and oxygen atoms in total. The van der Waals surface area contributed by atoms with Crippen molar-refractivity contribution in [3.05, 3.63) is 58.1 Å². The fourth-order valence-electron chi connectivity index (χ4n) is 3.36. The van der Waals surface area contributed by atoms with E-state index in [4.69, 9.17) is 37.4 Å². The Labute approximate surface area is 175 Å². The van der Waals surface area contributed by atoms with Crippen molar-refractivity contribution in [1.82, 2.24) is 0 Å². The molecule has 2 aromatic carbocycles. The number of esters is 1. The van der Waals surface area contributed by atoms with E-state index in [1.807, 2.05) is 38.1 Å². The molecule has 150 valence electrons. The highest BCUT2D eigenvalue weighted by Gasteiger charge is 2.45. The van der Waals surface area contributed by atoms with Crippen LogP contribution in [0.2, 0.25) is 10.0 Å². The molecule has 0 N–H and O–H groups in total. The lowest BCUT2D eigenvalue weighted by Gasteiger charge is -2.16. The molecule has 2 atom stereocenters. The molecule has 28 heavy (non-hydrogen) atoms. The summed E-state index contributed by atoms with van der Waals surface area (Å²) in [5.74, 6) is -1.16. The first-order chi connectivity index (χ1) is 13.3. The first kappa shape index (κ1) is 21.1. The number of hydrogen-bond acceptors (Lipinski definition) is 4. The Morgan fingerprint density at radius 1 is 1.04 bits per heavy atom. The molecule has 1 saturated heterocycles. The van der Waals surface area contributed by atoms with Gasteiger partial charge in [0.2, 0.25) is 0 Å². The van der Waals surface area contributed by atoms with Gasteiger partial charge in [-0.3, -0.25) is 0 Å². The van der Waals surface area contributed by atoms with Crippen molar-refractivity contribution in [2.24, 2.45) is 0 Å². The molecule has 0 bridgehead atoms. The van der Waals surface area contributed by atoms with Gasteiger partial charge < -0.3 is 14.2 Å². The topological polar surface area (TPSA) is 44.8 Å². The molecule has 0 spiro atoms. The number of halogens is 2. The molecule has 1 aliphatic rings. The number of ether oxygens (including phenoxy) is 3. The van der Waals surface area contributed by atoms with Gasteiger partial charge in [0.05, 0.1) is 12.7 Å². The molecular formula is C22H24Cl2O4. The summed E-state index contributed by atoms with van der Waals surface area (Å²) in [4.78, 5) is 12.2. The molecule has 6 heteroatoms. The van der Waals surface area contributed by atoms with Crippen molar-refractivity contribution < 1.29 is 19.0 Å². The average molecular weight is 423 g/mol. The number of hydrogen-bond donors (Lipinski definition) is 0. The van der Waals surface area contributed by atoms with Crippen molar-refractivity contribution in [1.29, 1.82) is 0 Å². The van der Waals surface area contributed by atoms with Gasteiger partial charge in [0.1, 0.15) is 0 Å². The van der Waals surface area contributed by atoms with Gasteiger partial charge in [0.15, 0.2) is 11.9 Å². The zero-order chi connectivity index (χ0) is 20.3. The molecule has 2 aromatic rings. The van der Waals surface area contributed by atoms with Crippen LogP contribution in [0.5, 0.6) is 0 Å². The summed E-state index contributed by atoms with van der Waals surface area (Å²) in [7, 11) is 0. The summed E-state index contributed by atoms with van der Waals surface area (Å²) in [5, 5.41) is 1.22. The van der Waals surface area contributed by atoms with E-state index in [0.717, 1.165) is 23.1 Å². The zero-order valence-corrected chi connectivity index (χ0v) is 17.7. The molecule has 0 saturated carbocycles. The van der Waals surface area contributed by atoms with Gasteiger partial charge in [-0.2, -0.15) is 0 Å². The van der Waals surface area contributed by atoms with E-state index in [-0.39, 0.29) is 12.1 Å². The smallest absolute Gasteiger partial charge is 0.338 e. The first-order valence-electron chi connectivity index (χ1n) is 9.35. The molecule has 0 radical (unpaired) electrons. The minimum Gasteiger partial charge on any atom is -0.464 e. The molecule has 1 fully saturated rings. The van der Waals surface area contributed by atoms with Crippen LogP contribution in [0.1, 0.15) is 32.8 Å². The number of carbonyl (C=O) groups is 1. The summed E-state index contributed by atoms with van der Waals surface area (Å²) < 4.78 is 16.8. The maximum Gasteiger partial charge on any atom is 0.338 e. The molecule has 0 aromatic heterocycles. The van der Waals surface area contributed by atoms with Gasteiger partial charge in [-0.05, 0) is 68.5 Å². The van der Waals surface area contributed by atoms with Crippen LogP contribution in [0.25, 0.3) is 11.1 Å². The van der Waals surface area contributed by atoms with Gasteiger partial charge in [-0.1, -0.05) is 47.5 Å².